The Hall–Kier alpha value is -2.26. The molecule has 6 N–H and O–H groups in total. The molecule has 2 heterocycles. The molecule has 1 aromatic carbocycles. The van der Waals surface area contributed by atoms with Crippen LogP contribution in [0.4, 0.5) is 0 Å². The van der Waals surface area contributed by atoms with E-state index in [4.69, 9.17) is 9.47 Å². The van der Waals surface area contributed by atoms with Crippen molar-refractivity contribution < 1.29 is 44.3 Å². The Bertz CT molecular complexity index is 1080. The molecule has 11 nitrogen and oxygen atoms in total. The Kier molecular flexibility index (Phi) is 10.9. The van der Waals surface area contributed by atoms with E-state index in [0.717, 1.165) is 21.6 Å². The van der Waals surface area contributed by atoms with Crippen molar-refractivity contribution in [2.24, 2.45) is 0 Å². The van der Waals surface area contributed by atoms with Gasteiger partial charge in [0.2, 0.25) is 5.91 Å². The van der Waals surface area contributed by atoms with E-state index in [9.17, 15) is 34.8 Å². The Labute approximate surface area is 228 Å². The highest BCUT2D eigenvalue weighted by Crippen LogP contribution is 2.34. The van der Waals surface area contributed by atoms with Crippen LogP contribution < -0.4 is 10.6 Å². The van der Waals surface area contributed by atoms with Gasteiger partial charge < -0.3 is 40.5 Å². The molecule has 210 valence electrons. The first-order valence-corrected chi connectivity index (χ1v) is 14.3. The number of thiophene rings is 1. The van der Waals surface area contributed by atoms with Crippen LogP contribution in [0, 0.1) is 0 Å². The number of hydrogen-bond donors (Lipinski definition) is 6. The summed E-state index contributed by atoms with van der Waals surface area (Å²) in [6.45, 7) is 2.81. The van der Waals surface area contributed by atoms with E-state index in [1.54, 1.807) is 17.8 Å². The van der Waals surface area contributed by atoms with Crippen molar-refractivity contribution in [3.05, 3.63) is 35.2 Å². The molecule has 1 aliphatic heterocycles. The number of nitrogens with one attached hydrogen (secondary N) is 2. The van der Waals surface area contributed by atoms with Crippen molar-refractivity contribution in [2.45, 2.75) is 62.9 Å². The monoisotopic (exact) mass is 570 g/mol. The fourth-order valence-electron chi connectivity index (χ4n) is 4.21. The minimum atomic E-state index is -2.29. The summed E-state index contributed by atoms with van der Waals surface area (Å²) in [5.74, 6) is -3.20. The maximum atomic E-state index is 12.6. The van der Waals surface area contributed by atoms with Crippen LogP contribution in [-0.4, -0.2) is 99.1 Å². The maximum Gasteiger partial charge on any atom is 0.364 e. The van der Waals surface area contributed by atoms with Gasteiger partial charge in [0.25, 0.3) is 11.7 Å². The van der Waals surface area contributed by atoms with Crippen molar-refractivity contribution in [3.8, 4) is 0 Å². The molecule has 13 heteroatoms. The predicted octanol–water partition coefficient (Wildman–Crippen LogP) is 0.948. The summed E-state index contributed by atoms with van der Waals surface area (Å²) in [5, 5.41) is 48.3. The summed E-state index contributed by atoms with van der Waals surface area (Å²) in [6, 6.07) is 7.93. The zero-order valence-corrected chi connectivity index (χ0v) is 22.8. The first-order chi connectivity index (χ1) is 18.1. The highest BCUT2D eigenvalue weighted by molar-refractivity contribution is 7.99. The molecule has 0 radical (unpaired) electrons. The summed E-state index contributed by atoms with van der Waals surface area (Å²) in [7, 11) is 0. The van der Waals surface area contributed by atoms with Crippen LogP contribution in [0.5, 0.6) is 0 Å². The van der Waals surface area contributed by atoms with Crippen LogP contribution in [0.25, 0.3) is 10.1 Å². The molecule has 38 heavy (non-hydrogen) atoms. The highest BCUT2D eigenvalue weighted by Gasteiger charge is 2.55. The molecule has 0 spiro atoms. The summed E-state index contributed by atoms with van der Waals surface area (Å²) in [5.41, 5.74) is 0. The van der Waals surface area contributed by atoms with Gasteiger partial charge in [-0.3, -0.25) is 9.59 Å². The van der Waals surface area contributed by atoms with E-state index in [1.165, 1.54) is 18.3 Å². The number of benzene rings is 1. The quantitative estimate of drug-likeness (QED) is 0.190. The number of carboxylic acids is 1. The average Bonchev–Trinajstić information content (AvgIpc) is 3.32. The number of hydrogen-bond acceptors (Lipinski definition) is 10. The number of rotatable bonds is 13. The Morgan fingerprint density at radius 2 is 2.03 bits per heavy atom. The van der Waals surface area contributed by atoms with E-state index in [0.29, 0.717) is 11.3 Å². The van der Waals surface area contributed by atoms with E-state index in [2.05, 4.69) is 10.6 Å². The topological polar surface area (TPSA) is 175 Å². The van der Waals surface area contributed by atoms with Gasteiger partial charge in [0.15, 0.2) is 0 Å². The number of fused-ring (bicyclic) bond motifs is 1. The van der Waals surface area contributed by atoms with Gasteiger partial charge in [-0.2, -0.15) is 11.8 Å². The third-order valence-corrected chi connectivity index (χ3v) is 8.19. The van der Waals surface area contributed by atoms with Crippen LogP contribution in [0.1, 0.15) is 36.4 Å². The fraction of sp³-hybridized carbons (Fsp3) is 0.560. The van der Waals surface area contributed by atoms with Crippen molar-refractivity contribution in [3.63, 3.8) is 0 Å². The highest BCUT2D eigenvalue weighted by atomic mass is 32.2. The van der Waals surface area contributed by atoms with Crippen LogP contribution in [0.15, 0.2) is 30.3 Å². The molecule has 1 saturated heterocycles. The van der Waals surface area contributed by atoms with Crippen molar-refractivity contribution in [1.29, 1.82) is 0 Å². The number of carboxylic acid groups (broad SMARTS) is 1. The molecular weight excluding hydrogens is 536 g/mol. The first-order valence-electron chi connectivity index (χ1n) is 12.3. The van der Waals surface area contributed by atoms with Crippen LogP contribution in [-0.2, 0) is 19.1 Å². The predicted molar refractivity (Wildman–Crippen MR) is 143 cm³/mol. The number of aliphatic hydroxyl groups excluding tert-OH is 3. The molecule has 1 fully saturated rings. The number of aliphatic carboxylic acids is 1. The second-order valence-electron chi connectivity index (χ2n) is 8.95. The number of ether oxygens (including phenoxy) is 2. The molecule has 2 aromatic rings. The van der Waals surface area contributed by atoms with Gasteiger partial charge in [-0.1, -0.05) is 25.1 Å². The van der Waals surface area contributed by atoms with Gasteiger partial charge in [0.1, 0.15) is 12.2 Å². The SMILES string of the molecule is CCSCCCO[C@]1(C(=O)O)CC(O)[C@@H](NC(C)=O)C([C@H](O)[C@H](O)CNC(=O)c2cc3ccccc3s2)O1. The largest absolute Gasteiger partial charge is 0.477 e. The molecule has 2 amide bonds. The lowest BCUT2D eigenvalue weighted by Crippen LogP contribution is -2.68. The van der Waals surface area contributed by atoms with Gasteiger partial charge in [-0.15, -0.1) is 11.3 Å². The van der Waals surface area contributed by atoms with Crippen molar-refractivity contribution in [2.75, 3.05) is 24.7 Å². The number of thioether (sulfide) groups is 1. The lowest BCUT2D eigenvalue weighted by atomic mass is 9.88. The summed E-state index contributed by atoms with van der Waals surface area (Å²) in [4.78, 5) is 37.0. The third-order valence-electron chi connectivity index (χ3n) is 6.09. The second kappa shape index (κ2) is 13.7. The summed E-state index contributed by atoms with van der Waals surface area (Å²) >= 11 is 2.93. The molecule has 1 aliphatic rings. The number of aliphatic hydroxyl groups is 3. The number of amides is 2. The molecule has 0 saturated carbocycles. The molecule has 0 aliphatic carbocycles. The maximum absolute atomic E-state index is 12.6. The molecule has 1 aromatic heterocycles. The summed E-state index contributed by atoms with van der Waals surface area (Å²) in [6.07, 6.45) is -6.40. The molecule has 6 atom stereocenters. The Balaban J connectivity index is 1.72. The smallest absolute Gasteiger partial charge is 0.364 e. The molecule has 0 bridgehead atoms. The Morgan fingerprint density at radius 3 is 2.68 bits per heavy atom. The fourth-order valence-corrected chi connectivity index (χ4v) is 5.80. The lowest BCUT2D eigenvalue weighted by Gasteiger charge is -2.46. The van der Waals surface area contributed by atoms with E-state index < -0.39 is 67.0 Å². The van der Waals surface area contributed by atoms with Gasteiger partial charge in [-0.25, -0.2) is 4.79 Å². The van der Waals surface area contributed by atoms with Crippen LogP contribution >= 0.6 is 23.1 Å². The minimum absolute atomic E-state index is 0.0212. The standard InChI is InChI=1S/C25H34N2O9S2/c1-3-37-10-6-9-35-25(24(33)34)12-16(29)20(27-14(2)28)22(36-25)21(31)17(30)13-26-23(32)19-11-15-7-4-5-8-18(15)38-19/h4-5,7-8,11,16-17,20-22,29-31H,3,6,9-10,12-13H2,1-2H3,(H,26,32)(H,27,28)(H,33,34)/t16?,17-,20-,21-,22?,25-/m1/s1. The van der Waals surface area contributed by atoms with E-state index in [-0.39, 0.29) is 6.61 Å². The van der Waals surface area contributed by atoms with E-state index in [1.807, 2.05) is 31.2 Å². The van der Waals surface area contributed by atoms with E-state index >= 15 is 0 Å². The van der Waals surface area contributed by atoms with Gasteiger partial charge in [0.05, 0.1) is 29.7 Å². The van der Waals surface area contributed by atoms with Gasteiger partial charge in [0, 0.05) is 24.6 Å². The second-order valence-corrected chi connectivity index (χ2v) is 11.4. The van der Waals surface area contributed by atoms with Crippen LogP contribution in [0.3, 0.4) is 0 Å². The number of carbonyl (C=O) groups is 3. The first kappa shape index (κ1) is 30.3. The molecule has 2 unspecified atom stereocenters. The minimum Gasteiger partial charge on any atom is -0.477 e. The molecule has 3 rings (SSSR count). The summed E-state index contributed by atoms with van der Waals surface area (Å²) < 4.78 is 12.2. The van der Waals surface area contributed by atoms with Crippen LogP contribution in [0.2, 0.25) is 0 Å². The third kappa shape index (κ3) is 7.44. The van der Waals surface area contributed by atoms with Crippen molar-refractivity contribution >= 4 is 51.0 Å². The molecular formula is C25H34N2O9S2. The van der Waals surface area contributed by atoms with Crippen molar-refractivity contribution in [1.82, 2.24) is 10.6 Å². The zero-order chi connectivity index (χ0) is 27.9. The zero-order valence-electron chi connectivity index (χ0n) is 21.2. The Morgan fingerprint density at radius 1 is 1.29 bits per heavy atom. The van der Waals surface area contributed by atoms with Gasteiger partial charge >= 0.3 is 5.97 Å². The average molecular weight is 571 g/mol. The lowest BCUT2D eigenvalue weighted by molar-refractivity contribution is -0.310. The number of carbonyl (C=O) groups excluding carboxylic acids is 2. The normalized spacial score (nSPS) is 25.0. The van der Waals surface area contributed by atoms with Gasteiger partial charge in [-0.05, 0) is 35.4 Å².